The highest BCUT2D eigenvalue weighted by molar-refractivity contribution is 6.66. The summed E-state index contributed by atoms with van der Waals surface area (Å²) in [6.07, 6.45) is 0.851. The summed E-state index contributed by atoms with van der Waals surface area (Å²) in [6.45, 7) is 4.21. The van der Waals surface area contributed by atoms with Crippen molar-refractivity contribution in [2.75, 3.05) is 0 Å². The maximum Gasteiger partial charge on any atom is 0.232 e. The van der Waals surface area contributed by atoms with Crippen molar-refractivity contribution in [2.45, 2.75) is 28.9 Å². The molecule has 0 spiro atoms. The Morgan fingerprint density at radius 3 is 2.18 bits per heavy atom. The lowest BCUT2D eigenvalue weighted by atomic mass is 10.0. The quantitative estimate of drug-likeness (QED) is 0.657. The van der Waals surface area contributed by atoms with Crippen molar-refractivity contribution in [3.8, 4) is 0 Å². The average molecular weight is 335 g/mol. The molecule has 96 valence electrons. The first-order valence-electron chi connectivity index (χ1n) is 5.06. The Morgan fingerprint density at radius 2 is 1.76 bits per heavy atom. The minimum atomic E-state index is -1.57. The monoisotopic (exact) mass is 333 g/mol. The van der Waals surface area contributed by atoms with Crippen LogP contribution in [0.15, 0.2) is 12.1 Å². The van der Waals surface area contributed by atoms with E-state index < -0.39 is 8.63 Å². The molecule has 1 aromatic rings. The third-order valence-corrected chi connectivity index (χ3v) is 3.09. The Bertz CT molecular complexity index is 384. The van der Waals surface area contributed by atoms with Crippen LogP contribution in [-0.4, -0.2) is 4.98 Å². The lowest BCUT2D eigenvalue weighted by Crippen LogP contribution is -2.08. The van der Waals surface area contributed by atoms with Gasteiger partial charge in [0.25, 0.3) is 0 Å². The zero-order valence-electron chi connectivity index (χ0n) is 9.35. The first kappa shape index (κ1) is 15.7. The predicted octanol–water partition coefficient (Wildman–Crippen LogP) is 5.58. The van der Waals surface area contributed by atoms with E-state index >= 15 is 0 Å². The van der Waals surface area contributed by atoms with Crippen LogP contribution in [0.1, 0.15) is 35.6 Å². The van der Waals surface area contributed by atoms with E-state index in [4.69, 9.17) is 58.0 Å². The molecule has 0 fully saturated rings. The minimum Gasteiger partial charge on any atom is -0.250 e. The molecule has 0 unspecified atom stereocenters. The molecule has 6 heteroatoms. The molecule has 0 aliphatic rings. The summed E-state index contributed by atoms with van der Waals surface area (Å²) in [4.78, 5) is 3.42. The number of hydrogen-bond donors (Lipinski definition) is 0. The van der Waals surface area contributed by atoms with Crippen molar-refractivity contribution in [3.05, 3.63) is 29.1 Å². The van der Waals surface area contributed by atoms with Crippen LogP contribution in [0.4, 0.5) is 0 Å². The van der Waals surface area contributed by atoms with Gasteiger partial charge in [-0.3, -0.25) is 4.98 Å². The summed E-state index contributed by atoms with van der Waals surface area (Å²) in [5, 5.41) is 0. The summed E-state index contributed by atoms with van der Waals surface area (Å²) >= 11 is 29.1. The maximum atomic E-state index is 5.83. The molecule has 0 saturated carbocycles. The number of pyridine rings is 1. The Morgan fingerprint density at radius 1 is 1.18 bits per heavy atom. The van der Waals surface area contributed by atoms with E-state index in [1.54, 1.807) is 6.07 Å². The highest BCUT2D eigenvalue weighted by Gasteiger charge is 2.26. The molecule has 0 atom stereocenters. The van der Waals surface area contributed by atoms with E-state index in [2.05, 4.69) is 18.8 Å². The van der Waals surface area contributed by atoms with Crippen LogP contribution in [0.3, 0.4) is 0 Å². The van der Waals surface area contributed by atoms with E-state index in [0.29, 0.717) is 17.3 Å². The molecule has 1 nitrogen and oxygen atoms in total. The van der Waals surface area contributed by atoms with Gasteiger partial charge in [-0.25, -0.2) is 0 Å². The molecule has 1 rings (SSSR count). The molecular formula is C11H12Cl5N. The van der Waals surface area contributed by atoms with E-state index in [1.807, 2.05) is 6.07 Å². The first-order chi connectivity index (χ1) is 7.70. The number of nitrogens with zero attached hydrogens (tertiary/aromatic N) is 1. The number of rotatable bonds is 3. The largest absolute Gasteiger partial charge is 0.250 e. The molecule has 0 radical (unpaired) electrons. The van der Waals surface area contributed by atoms with Gasteiger partial charge in [0.05, 0.1) is 11.4 Å². The fourth-order valence-corrected chi connectivity index (χ4v) is 1.97. The molecular weight excluding hydrogens is 323 g/mol. The fraction of sp³-hybridized carbons (Fsp3) is 0.545. The second-order valence-electron chi connectivity index (χ2n) is 4.18. The van der Waals surface area contributed by atoms with Crippen LogP contribution >= 0.6 is 58.0 Å². The van der Waals surface area contributed by atoms with Crippen molar-refractivity contribution >= 4 is 58.0 Å². The Kier molecular flexibility index (Phi) is 5.68. The van der Waals surface area contributed by atoms with Crippen LogP contribution in [0.25, 0.3) is 0 Å². The zero-order chi connectivity index (χ0) is 13.2. The Labute approximate surface area is 126 Å². The van der Waals surface area contributed by atoms with Crippen molar-refractivity contribution in [1.29, 1.82) is 0 Å². The van der Waals surface area contributed by atoms with Gasteiger partial charge in [-0.1, -0.05) is 71.9 Å². The van der Waals surface area contributed by atoms with Gasteiger partial charge in [-0.15, -0.1) is 0 Å². The second kappa shape index (κ2) is 6.16. The van der Waals surface area contributed by atoms with Crippen molar-refractivity contribution in [2.24, 2.45) is 5.92 Å². The van der Waals surface area contributed by atoms with Gasteiger partial charge in [-0.2, -0.15) is 0 Å². The van der Waals surface area contributed by atoms with Crippen molar-refractivity contribution in [3.63, 3.8) is 0 Å². The van der Waals surface area contributed by atoms with Gasteiger partial charge in [0.2, 0.25) is 3.79 Å². The van der Waals surface area contributed by atoms with Crippen molar-refractivity contribution < 1.29 is 0 Å². The summed E-state index contributed by atoms with van der Waals surface area (Å²) in [5.41, 5.74) is 1.87. The standard InChI is InChI=1S/C11H12Cl5N/c1-6(2)3-7-4-8(10(12)13)17-9(5-7)11(14,15)16/h4-6,10H,3H2,1-2H3. The van der Waals surface area contributed by atoms with E-state index in [9.17, 15) is 0 Å². The fourth-order valence-electron chi connectivity index (χ4n) is 1.46. The zero-order valence-corrected chi connectivity index (χ0v) is 13.1. The second-order valence-corrected chi connectivity index (χ2v) is 7.56. The van der Waals surface area contributed by atoms with Crippen molar-refractivity contribution in [1.82, 2.24) is 4.98 Å². The van der Waals surface area contributed by atoms with Gasteiger partial charge in [-0.05, 0) is 30.0 Å². The molecule has 0 aromatic carbocycles. The van der Waals surface area contributed by atoms with E-state index in [-0.39, 0.29) is 0 Å². The van der Waals surface area contributed by atoms with Gasteiger partial charge >= 0.3 is 0 Å². The van der Waals surface area contributed by atoms with E-state index in [1.165, 1.54) is 0 Å². The molecule has 1 aromatic heterocycles. The lowest BCUT2D eigenvalue weighted by Gasteiger charge is -2.15. The van der Waals surface area contributed by atoms with Crippen LogP contribution in [-0.2, 0) is 10.2 Å². The molecule has 0 aliphatic heterocycles. The number of aromatic nitrogens is 1. The summed E-state index contributed by atoms with van der Waals surface area (Å²) in [7, 11) is 0. The summed E-state index contributed by atoms with van der Waals surface area (Å²) in [6, 6.07) is 3.61. The third kappa shape index (κ3) is 5.00. The Balaban J connectivity index is 3.19. The summed E-state index contributed by atoms with van der Waals surface area (Å²) in [5.74, 6) is 0.484. The van der Waals surface area contributed by atoms with Crippen LogP contribution in [0, 0.1) is 5.92 Å². The third-order valence-electron chi connectivity index (χ3n) is 2.06. The van der Waals surface area contributed by atoms with Crippen LogP contribution < -0.4 is 0 Å². The SMILES string of the molecule is CC(C)Cc1cc(C(Cl)Cl)nc(C(Cl)(Cl)Cl)c1. The first-order valence-corrected chi connectivity index (χ1v) is 7.07. The smallest absolute Gasteiger partial charge is 0.232 e. The van der Waals surface area contributed by atoms with Gasteiger partial charge in [0.15, 0.2) is 0 Å². The molecule has 0 N–H and O–H groups in total. The van der Waals surface area contributed by atoms with Crippen LogP contribution in [0.5, 0.6) is 0 Å². The number of alkyl halides is 5. The van der Waals surface area contributed by atoms with Gasteiger partial charge in [0, 0.05) is 0 Å². The Hall–Kier alpha value is 0.600. The molecule has 0 aliphatic carbocycles. The minimum absolute atomic E-state index is 0.349. The van der Waals surface area contributed by atoms with Gasteiger partial charge < -0.3 is 0 Å². The van der Waals surface area contributed by atoms with Gasteiger partial charge in [0.1, 0.15) is 4.84 Å². The number of hydrogen-bond acceptors (Lipinski definition) is 1. The molecule has 1 heterocycles. The lowest BCUT2D eigenvalue weighted by molar-refractivity contribution is 0.645. The molecule has 0 bridgehead atoms. The molecule has 0 amide bonds. The highest BCUT2D eigenvalue weighted by atomic mass is 35.6. The van der Waals surface area contributed by atoms with Crippen LogP contribution in [0.2, 0.25) is 0 Å². The molecule has 17 heavy (non-hydrogen) atoms. The average Bonchev–Trinajstić information content (AvgIpc) is 2.14. The predicted molar refractivity (Wildman–Crippen MR) is 76.5 cm³/mol. The topological polar surface area (TPSA) is 12.9 Å². The van der Waals surface area contributed by atoms with E-state index in [0.717, 1.165) is 12.0 Å². The molecule has 0 saturated heterocycles. The normalized spacial score (nSPS) is 12.5. The highest BCUT2D eigenvalue weighted by Crippen LogP contribution is 2.38. The maximum absolute atomic E-state index is 5.83. The summed E-state index contributed by atoms with van der Waals surface area (Å²) < 4.78 is -1.57. The number of halogens is 5.